The highest BCUT2D eigenvalue weighted by Gasteiger charge is 2.30. The minimum absolute atomic E-state index is 0.0771. The van der Waals surface area contributed by atoms with Crippen LogP contribution in [0.5, 0.6) is 11.5 Å². The van der Waals surface area contributed by atoms with Crippen LogP contribution in [0.3, 0.4) is 0 Å². The number of ketones is 2. The van der Waals surface area contributed by atoms with Crippen molar-refractivity contribution < 1.29 is 24.2 Å². The van der Waals surface area contributed by atoms with Gasteiger partial charge in [-0.3, -0.25) is 9.59 Å². The summed E-state index contributed by atoms with van der Waals surface area (Å²) in [6.45, 7) is 3.37. The molecule has 0 saturated carbocycles. The van der Waals surface area contributed by atoms with Crippen LogP contribution in [-0.4, -0.2) is 21.8 Å². The average molecular weight is 324 g/mol. The van der Waals surface area contributed by atoms with Gasteiger partial charge in [-0.05, 0) is 6.07 Å². The number of hydrogen-bond acceptors (Lipinski definition) is 5. The second-order valence-corrected chi connectivity index (χ2v) is 5.82. The fourth-order valence-corrected chi connectivity index (χ4v) is 2.63. The predicted molar refractivity (Wildman–Crippen MR) is 88.6 cm³/mol. The maximum atomic E-state index is 12.7. The molecule has 0 unspecified atom stereocenters. The maximum Gasteiger partial charge on any atom is 0.200 e. The lowest BCUT2D eigenvalue weighted by Gasteiger charge is -2.13. The third kappa shape index (κ3) is 2.34. The van der Waals surface area contributed by atoms with Crippen LogP contribution in [0.1, 0.15) is 40.1 Å². The van der Waals surface area contributed by atoms with Crippen LogP contribution in [-0.2, 0) is 0 Å². The first-order valence-electron chi connectivity index (χ1n) is 7.52. The van der Waals surface area contributed by atoms with E-state index in [1.165, 1.54) is 12.3 Å². The van der Waals surface area contributed by atoms with E-state index in [0.29, 0.717) is 5.56 Å². The van der Waals surface area contributed by atoms with Crippen molar-refractivity contribution in [2.45, 2.75) is 13.8 Å². The highest BCUT2D eigenvalue weighted by Crippen LogP contribution is 2.42. The summed E-state index contributed by atoms with van der Waals surface area (Å²) in [4.78, 5) is 25.2. The quantitative estimate of drug-likeness (QED) is 0.710. The maximum absolute atomic E-state index is 12.7. The summed E-state index contributed by atoms with van der Waals surface area (Å²) in [7, 11) is 0. The number of Topliss-reactive ketones (excluding diaryl/α,β-unsaturated/α-hetero) is 1. The zero-order valence-electron chi connectivity index (χ0n) is 13.2. The molecule has 3 rings (SSSR count). The van der Waals surface area contributed by atoms with Gasteiger partial charge in [-0.2, -0.15) is 0 Å². The molecule has 2 N–H and O–H groups in total. The minimum atomic E-state index is -0.563. The van der Waals surface area contributed by atoms with E-state index in [4.69, 9.17) is 4.42 Å². The van der Waals surface area contributed by atoms with Gasteiger partial charge in [0.2, 0.25) is 5.78 Å². The van der Waals surface area contributed by atoms with Gasteiger partial charge in [-0.25, -0.2) is 0 Å². The Balaban J connectivity index is 2.33. The molecular weight excluding hydrogens is 308 g/mol. The number of aromatic hydroxyl groups is 2. The van der Waals surface area contributed by atoms with E-state index in [2.05, 4.69) is 0 Å². The Morgan fingerprint density at radius 1 is 0.958 bits per heavy atom. The van der Waals surface area contributed by atoms with Gasteiger partial charge < -0.3 is 14.6 Å². The summed E-state index contributed by atoms with van der Waals surface area (Å²) in [6, 6.07) is 9.72. The van der Waals surface area contributed by atoms with Crippen LogP contribution >= 0.6 is 0 Å². The molecular formula is C19H16O5. The zero-order chi connectivity index (χ0) is 17.4. The van der Waals surface area contributed by atoms with E-state index in [-0.39, 0.29) is 27.9 Å². The second-order valence-electron chi connectivity index (χ2n) is 5.82. The molecule has 0 saturated heterocycles. The molecule has 1 aromatic heterocycles. The van der Waals surface area contributed by atoms with Crippen LogP contribution < -0.4 is 0 Å². The van der Waals surface area contributed by atoms with Gasteiger partial charge >= 0.3 is 0 Å². The fraction of sp³-hybridized carbons (Fsp3) is 0.158. The second kappa shape index (κ2) is 5.85. The molecule has 5 nitrogen and oxygen atoms in total. The molecule has 0 aliphatic carbocycles. The molecule has 2 aromatic carbocycles. The molecule has 0 fully saturated rings. The lowest BCUT2D eigenvalue weighted by molar-refractivity contribution is 0.0937. The van der Waals surface area contributed by atoms with Gasteiger partial charge in [0.25, 0.3) is 0 Å². The van der Waals surface area contributed by atoms with Crippen LogP contribution in [0.4, 0.5) is 0 Å². The SMILES string of the molecule is CC(C)C(=O)c1c(O)c(C(=O)c2ccccc2)c(O)c2ccoc12. The van der Waals surface area contributed by atoms with E-state index in [9.17, 15) is 19.8 Å². The Morgan fingerprint density at radius 3 is 2.25 bits per heavy atom. The van der Waals surface area contributed by atoms with Crippen molar-refractivity contribution in [1.29, 1.82) is 0 Å². The predicted octanol–water partition coefficient (Wildman–Crippen LogP) is 3.91. The van der Waals surface area contributed by atoms with E-state index in [1.807, 2.05) is 0 Å². The van der Waals surface area contributed by atoms with Crippen molar-refractivity contribution in [3.63, 3.8) is 0 Å². The molecule has 1 heterocycles. The Kier molecular flexibility index (Phi) is 3.85. The van der Waals surface area contributed by atoms with Crippen molar-refractivity contribution in [3.05, 3.63) is 59.4 Å². The normalized spacial score (nSPS) is 11.1. The van der Waals surface area contributed by atoms with Crippen molar-refractivity contribution in [1.82, 2.24) is 0 Å². The molecule has 0 aliphatic heterocycles. The molecule has 0 atom stereocenters. The van der Waals surface area contributed by atoms with Crippen molar-refractivity contribution in [3.8, 4) is 11.5 Å². The molecule has 0 spiro atoms. The molecule has 0 aliphatic rings. The Morgan fingerprint density at radius 2 is 1.62 bits per heavy atom. The first-order chi connectivity index (χ1) is 11.4. The third-order valence-electron chi connectivity index (χ3n) is 3.89. The van der Waals surface area contributed by atoms with Crippen LogP contribution in [0.2, 0.25) is 0 Å². The van der Waals surface area contributed by atoms with Crippen molar-refractivity contribution in [2.24, 2.45) is 5.92 Å². The van der Waals surface area contributed by atoms with Crippen LogP contribution in [0, 0.1) is 5.92 Å². The van der Waals surface area contributed by atoms with Gasteiger partial charge in [0.1, 0.15) is 22.6 Å². The van der Waals surface area contributed by atoms with Gasteiger partial charge in [0.05, 0.1) is 11.6 Å². The summed E-state index contributed by atoms with van der Waals surface area (Å²) < 4.78 is 5.27. The molecule has 122 valence electrons. The van der Waals surface area contributed by atoms with Crippen LogP contribution in [0.25, 0.3) is 11.0 Å². The van der Waals surface area contributed by atoms with Gasteiger partial charge in [-0.1, -0.05) is 44.2 Å². The molecule has 24 heavy (non-hydrogen) atoms. The number of phenolic OH excluding ortho intramolecular Hbond substituents is 2. The number of benzene rings is 2. The summed E-state index contributed by atoms with van der Waals surface area (Å²) in [5.74, 6) is -2.29. The minimum Gasteiger partial charge on any atom is -0.506 e. The summed E-state index contributed by atoms with van der Waals surface area (Å²) >= 11 is 0. The van der Waals surface area contributed by atoms with E-state index < -0.39 is 23.2 Å². The topological polar surface area (TPSA) is 87.7 Å². The number of phenols is 2. The number of carbonyl (C=O) groups is 2. The van der Waals surface area contributed by atoms with Crippen molar-refractivity contribution in [2.75, 3.05) is 0 Å². The standard InChI is InChI=1S/C19H16O5/c1-10(2)15(20)14-18(23)13(16(21)11-6-4-3-5-7-11)17(22)12-8-9-24-19(12)14/h3-10,22-23H,1-2H3. The summed E-state index contributed by atoms with van der Waals surface area (Å²) in [6.07, 6.45) is 1.30. The number of furan rings is 1. The molecule has 3 aromatic rings. The molecule has 5 heteroatoms. The van der Waals surface area contributed by atoms with E-state index in [1.54, 1.807) is 44.2 Å². The zero-order valence-corrected chi connectivity index (χ0v) is 13.2. The highest BCUT2D eigenvalue weighted by molar-refractivity contribution is 6.20. The first kappa shape index (κ1) is 15.8. The number of hydrogen-bond donors (Lipinski definition) is 2. The summed E-state index contributed by atoms with van der Waals surface area (Å²) in [5.41, 5.74) is 0.00313. The molecule has 0 radical (unpaired) electrons. The highest BCUT2D eigenvalue weighted by atomic mass is 16.3. The first-order valence-corrected chi connectivity index (χ1v) is 7.52. The van der Waals surface area contributed by atoms with Gasteiger partial charge in [0.15, 0.2) is 11.4 Å². The number of fused-ring (bicyclic) bond motifs is 1. The van der Waals surface area contributed by atoms with Crippen LogP contribution in [0.15, 0.2) is 47.1 Å². The summed E-state index contributed by atoms with van der Waals surface area (Å²) in [5, 5.41) is 21.2. The number of carbonyl (C=O) groups excluding carboxylic acids is 2. The Labute approximate surface area is 138 Å². The van der Waals surface area contributed by atoms with Gasteiger partial charge in [0, 0.05) is 11.5 Å². The fourth-order valence-electron chi connectivity index (χ4n) is 2.63. The van der Waals surface area contributed by atoms with E-state index >= 15 is 0 Å². The average Bonchev–Trinajstić information content (AvgIpc) is 3.05. The smallest absolute Gasteiger partial charge is 0.200 e. The van der Waals surface area contributed by atoms with E-state index in [0.717, 1.165) is 0 Å². The lowest BCUT2D eigenvalue weighted by atomic mass is 9.92. The largest absolute Gasteiger partial charge is 0.506 e. The Hall–Kier alpha value is -3.08. The molecule has 0 bridgehead atoms. The lowest BCUT2D eigenvalue weighted by Crippen LogP contribution is -2.11. The Bertz CT molecular complexity index is 935. The number of rotatable bonds is 4. The van der Waals surface area contributed by atoms with Gasteiger partial charge in [-0.15, -0.1) is 0 Å². The molecule has 0 amide bonds. The monoisotopic (exact) mass is 324 g/mol. The van der Waals surface area contributed by atoms with Crippen molar-refractivity contribution >= 4 is 22.5 Å². The third-order valence-corrected chi connectivity index (χ3v) is 3.89.